The van der Waals surface area contributed by atoms with E-state index >= 15 is 0 Å². The van der Waals surface area contributed by atoms with E-state index in [4.69, 9.17) is 0 Å². The molecule has 110 valence electrons. The highest BCUT2D eigenvalue weighted by molar-refractivity contribution is 7.91. The first-order valence-corrected chi connectivity index (χ1v) is 8.81. The van der Waals surface area contributed by atoms with Gasteiger partial charge < -0.3 is 9.88 Å². The van der Waals surface area contributed by atoms with E-state index in [1.807, 2.05) is 32.3 Å². The summed E-state index contributed by atoms with van der Waals surface area (Å²) in [6.45, 7) is 3.20. The van der Waals surface area contributed by atoms with Crippen LogP contribution in [0.3, 0.4) is 0 Å². The lowest BCUT2D eigenvalue weighted by atomic mass is 10.1. The summed E-state index contributed by atoms with van der Waals surface area (Å²) in [5, 5.41) is 4.31. The summed E-state index contributed by atoms with van der Waals surface area (Å²) in [4.78, 5) is 0. The number of benzene rings is 1. The van der Waals surface area contributed by atoms with Crippen molar-refractivity contribution in [3.63, 3.8) is 0 Å². The first-order valence-electron chi connectivity index (χ1n) is 6.99. The fraction of sp³-hybridized carbons (Fsp3) is 0.467. The van der Waals surface area contributed by atoms with Crippen molar-refractivity contribution in [2.45, 2.75) is 26.4 Å². The molecule has 0 aliphatic heterocycles. The van der Waals surface area contributed by atoms with Crippen molar-refractivity contribution in [3.05, 3.63) is 36.0 Å². The van der Waals surface area contributed by atoms with Crippen LogP contribution in [0.5, 0.6) is 0 Å². The van der Waals surface area contributed by atoms with Gasteiger partial charge >= 0.3 is 0 Å². The first-order chi connectivity index (χ1) is 9.57. The van der Waals surface area contributed by atoms with Gasteiger partial charge in [-0.3, -0.25) is 0 Å². The molecule has 2 aromatic rings. The van der Waals surface area contributed by atoms with Crippen LogP contribution >= 0.6 is 0 Å². The van der Waals surface area contributed by atoms with E-state index in [2.05, 4.69) is 22.0 Å². The first kappa shape index (κ1) is 15.1. The minimum atomic E-state index is -2.94. The third-order valence-corrected chi connectivity index (χ3v) is 5.23. The predicted molar refractivity (Wildman–Crippen MR) is 83.6 cm³/mol. The van der Waals surface area contributed by atoms with Gasteiger partial charge in [-0.25, -0.2) is 8.42 Å². The Labute approximate surface area is 120 Å². The van der Waals surface area contributed by atoms with Crippen LogP contribution in [0.15, 0.2) is 30.5 Å². The standard InChI is InChI=1S/C15H22N2O2S/c1-3-10-20(18,19)11-9-17-8-7-13-5-4-6-14(12-16-2)15(13)17/h4-8,16H,3,9-12H2,1-2H3. The number of aromatic nitrogens is 1. The summed E-state index contributed by atoms with van der Waals surface area (Å²) in [6, 6.07) is 8.22. The minimum absolute atomic E-state index is 0.207. The molecule has 20 heavy (non-hydrogen) atoms. The van der Waals surface area contributed by atoms with Crippen molar-refractivity contribution in [1.29, 1.82) is 0 Å². The van der Waals surface area contributed by atoms with Crippen LogP contribution in [0.2, 0.25) is 0 Å². The van der Waals surface area contributed by atoms with Gasteiger partial charge in [0.1, 0.15) is 0 Å². The Morgan fingerprint density at radius 3 is 2.70 bits per heavy atom. The number of aryl methyl sites for hydroxylation is 1. The van der Waals surface area contributed by atoms with Gasteiger partial charge in [-0.05, 0) is 30.5 Å². The molecule has 0 bridgehead atoms. The smallest absolute Gasteiger partial charge is 0.152 e. The molecule has 1 N–H and O–H groups in total. The number of hydrogen-bond donors (Lipinski definition) is 1. The van der Waals surface area contributed by atoms with E-state index in [9.17, 15) is 8.42 Å². The molecule has 0 atom stereocenters. The van der Waals surface area contributed by atoms with Crippen LogP contribution in [0.1, 0.15) is 18.9 Å². The SMILES string of the molecule is CCCS(=O)(=O)CCn1ccc2cccc(CNC)c21. The van der Waals surface area contributed by atoms with E-state index < -0.39 is 9.84 Å². The third kappa shape index (κ3) is 3.41. The number of hydrogen-bond acceptors (Lipinski definition) is 3. The monoisotopic (exact) mass is 294 g/mol. The zero-order valence-corrected chi connectivity index (χ0v) is 12.9. The van der Waals surface area contributed by atoms with E-state index in [0.29, 0.717) is 13.0 Å². The molecule has 0 aliphatic rings. The molecule has 4 nitrogen and oxygen atoms in total. The van der Waals surface area contributed by atoms with Gasteiger partial charge in [-0.2, -0.15) is 0 Å². The van der Waals surface area contributed by atoms with Gasteiger partial charge in [-0.1, -0.05) is 25.1 Å². The second-order valence-electron chi connectivity index (χ2n) is 5.05. The average molecular weight is 294 g/mol. The van der Waals surface area contributed by atoms with Crippen molar-refractivity contribution in [2.24, 2.45) is 0 Å². The van der Waals surface area contributed by atoms with Crippen LogP contribution in [0.25, 0.3) is 10.9 Å². The zero-order chi connectivity index (χ0) is 14.6. The van der Waals surface area contributed by atoms with Gasteiger partial charge in [-0.15, -0.1) is 0 Å². The van der Waals surface area contributed by atoms with Gasteiger partial charge in [0.25, 0.3) is 0 Å². The molecule has 5 heteroatoms. The Hall–Kier alpha value is -1.33. The van der Waals surface area contributed by atoms with E-state index in [-0.39, 0.29) is 11.5 Å². The summed E-state index contributed by atoms with van der Waals surface area (Å²) in [5.74, 6) is 0.480. The molecule has 0 amide bonds. The molecule has 0 saturated heterocycles. The normalized spacial score (nSPS) is 12.1. The zero-order valence-electron chi connectivity index (χ0n) is 12.1. The predicted octanol–water partition coefficient (Wildman–Crippen LogP) is 2.19. The lowest BCUT2D eigenvalue weighted by molar-refractivity contribution is 0.588. The Morgan fingerprint density at radius 2 is 2.00 bits per heavy atom. The van der Waals surface area contributed by atoms with E-state index in [1.54, 1.807) is 0 Å². The van der Waals surface area contributed by atoms with Crippen LogP contribution in [-0.2, 0) is 22.9 Å². The van der Waals surface area contributed by atoms with Gasteiger partial charge in [0.05, 0.1) is 11.3 Å². The maximum Gasteiger partial charge on any atom is 0.152 e. The molecule has 0 aliphatic carbocycles. The molecular formula is C15H22N2O2S. The summed E-state index contributed by atoms with van der Waals surface area (Å²) >= 11 is 0. The Morgan fingerprint density at radius 1 is 1.20 bits per heavy atom. The molecule has 0 saturated carbocycles. The van der Waals surface area contributed by atoms with Gasteiger partial charge in [0.15, 0.2) is 9.84 Å². The number of sulfone groups is 1. The molecular weight excluding hydrogens is 272 g/mol. The highest BCUT2D eigenvalue weighted by atomic mass is 32.2. The molecule has 1 aromatic carbocycles. The summed E-state index contributed by atoms with van der Waals surface area (Å²) in [6.07, 6.45) is 2.66. The number of nitrogens with zero attached hydrogens (tertiary/aromatic N) is 1. The maximum atomic E-state index is 11.8. The van der Waals surface area contributed by atoms with Crippen LogP contribution in [0, 0.1) is 0 Å². The molecule has 2 rings (SSSR count). The molecule has 1 aromatic heterocycles. The average Bonchev–Trinajstić information content (AvgIpc) is 2.81. The Kier molecular flexibility index (Phi) is 4.83. The summed E-state index contributed by atoms with van der Waals surface area (Å²) < 4.78 is 25.7. The van der Waals surface area contributed by atoms with Crippen LogP contribution in [-0.4, -0.2) is 31.5 Å². The van der Waals surface area contributed by atoms with Crippen molar-refractivity contribution < 1.29 is 8.42 Å². The number of nitrogens with one attached hydrogen (secondary N) is 1. The highest BCUT2D eigenvalue weighted by Gasteiger charge is 2.11. The van der Waals surface area contributed by atoms with Gasteiger partial charge in [0.2, 0.25) is 0 Å². The topological polar surface area (TPSA) is 51.1 Å². The minimum Gasteiger partial charge on any atom is -0.346 e. The van der Waals surface area contributed by atoms with Crippen molar-refractivity contribution in [1.82, 2.24) is 9.88 Å². The quantitative estimate of drug-likeness (QED) is 0.851. The second kappa shape index (κ2) is 6.41. The largest absolute Gasteiger partial charge is 0.346 e. The molecule has 0 unspecified atom stereocenters. The molecule has 0 radical (unpaired) electrons. The van der Waals surface area contributed by atoms with E-state index in [1.165, 1.54) is 5.56 Å². The van der Waals surface area contributed by atoms with Crippen LogP contribution in [0.4, 0.5) is 0 Å². The van der Waals surface area contributed by atoms with Crippen LogP contribution < -0.4 is 5.32 Å². The Bertz CT molecular complexity index is 674. The molecule has 0 spiro atoms. The molecule has 0 fully saturated rings. The number of fused-ring (bicyclic) bond motifs is 1. The molecule has 1 heterocycles. The number of para-hydroxylation sites is 1. The number of rotatable bonds is 7. The fourth-order valence-corrected chi connectivity index (χ4v) is 3.81. The van der Waals surface area contributed by atoms with Gasteiger partial charge in [0, 0.05) is 25.0 Å². The van der Waals surface area contributed by atoms with E-state index in [0.717, 1.165) is 17.4 Å². The van der Waals surface area contributed by atoms with Crippen molar-refractivity contribution >= 4 is 20.7 Å². The highest BCUT2D eigenvalue weighted by Crippen LogP contribution is 2.20. The second-order valence-corrected chi connectivity index (χ2v) is 7.35. The van der Waals surface area contributed by atoms with Crippen molar-refractivity contribution in [3.8, 4) is 0 Å². The summed E-state index contributed by atoms with van der Waals surface area (Å²) in [7, 11) is -1.02. The maximum absolute atomic E-state index is 11.8. The Balaban J connectivity index is 2.26. The third-order valence-electron chi connectivity index (χ3n) is 3.40. The lowest BCUT2D eigenvalue weighted by Gasteiger charge is -2.10. The lowest BCUT2D eigenvalue weighted by Crippen LogP contribution is -2.16. The fourth-order valence-electron chi connectivity index (χ4n) is 2.51. The van der Waals surface area contributed by atoms with Crippen molar-refractivity contribution in [2.75, 3.05) is 18.6 Å². The summed E-state index contributed by atoms with van der Waals surface area (Å²) in [5.41, 5.74) is 2.33.